The molecule has 24 heavy (non-hydrogen) atoms. The van der Waals surface area contributed by atoms with Crippen LogP contribution < -0.4 is 21.1 Å². The molecule has 0 spiro atoms. The molecular weight excluding hydrogens is 335 g/mol. The number of thioether (sulfide) groups is 1. The third kappa shape index (κ3) is 4.66. The van der Waals surface area contributed by atoms with Crippen LogP contribution in [0.15, 0.2) is 30.6 Å². The van der Waals surface area contributed by atoms with Gasteiger partial charge in [0.25, 0.3) is 5.91 Å². The number of urea groups is 1. The number of H-pyrrole nitrogens is 1. The maximum atomic E-state index is 13.8. The summed E-state index contributed by atoms with van der Waals surface area (Å²) < 4.78 is 19.4. The molecule has 5 N–H and O–H groups in total. The fraction of sp³-hybridized carbons (Fsp3) is 0.200. The van der Waals surface area contributed by atoms with E-state index in [9.17, 15) is 14.0 Å². The Balaban J connectivity index is 2.33. The third-order valence-electron chi connectivity index (χ3n) is 2.95. The number of primary amides is 1. The smallest absolute Gasteiger partial charge is 0.316 e. The minimum Gasteiger partial charge on any atom is -0.488 e. The Hall–Kier alpha value is -2.68. The van der Waals surface area contributed by atoms with Crippen molar-refractivity contribution in [1.82, 2.24) is 4.98 Å². The highest BCUT2D eigenvalue weighted by molar-refractivity contribution is 7.98. The number of nitrogens with one attached hydrogen (secondary N) is 3. The SMILES string of the molecule is CSCCOc1c(NC(N)=O)cc(F)cc1NC(=O)c1cc[nH]c1. The van der Waals surface area contributed by atoms with Crippen molar-refractivity contribution in [2.75, 3.05) is 29.2 Å². The minimum atomic E-state index is -0.863. The molecule has 1 heterocycles. The normalized spacial score (nSPS) is 10.2. The van der Waals surface area contributed by atoms with E-state index in [-0.39, 0.29) is 17.1 Å². The Labute approximate surface area is 142 Å². The number of halogens is 1. The first-order chi connectivity index (χ1) is 11.5. The lowest BCUT2D eigenvalue weighted by Gasteiger charge is -2.16. The Bertz CT molecular complexity index is 722. The van der Waals surface area contributed by atoms with Crippen molar-refractivity contribution < 1.29 is 18.7 Å². The molecule has 0 unspecified atom stereocenters. The summed E-state index contributed by atoms with van der Waals surface area (Å²) in [5.41, 5.74) is 5.63. The predicted molar refractivity (Wildman–Crippen MR) is 92.2 cm³/mol. The first-order valence-corrected chi connectivity index (χ1v) is 8.36. The highest BCUT2D eigenvalue weighted by Crippen LogP contribution is 2.35. The molecule has 3 amide bonds. The lowest BCUT2D eigenvalue weighted by atomic mass is 10.2. The number of ether oxygens (including phenoxy) is 1. The molecule has 0 aliphatic rings. The summed E-state index contributed by atoms with van der Waals surface area (Å²) in [5, 5.41) is 4.87. The molecule has 0 radical (unpaired) electrons. The van der Waals surface area contributed by atoms with E-state index in [2.05, 4.69) is 15.6 Å². The van der Waals surface area contributed by atoms with Crippen LogP contribution in [0, 0.1) is 5.82 Å². The van der Waals surface area contributed by atoms with Gasteiger partial charge in [-0.15, -0.1) is 0 Å². The summed E-state index contributed by atoms with van der Waals surface area (Å²) in [5.74, 6) is -0.270. The largest absolute Gasteiger partial charge is 0.488 e. The van der Waals surface area contributed by atoms with Crippen LogP contribution in [0.5, 0.6) is 5.75 Å². The van der Waals surface area contributed by atoms with Crippen molar-refractivity contribution in [1.29, 1.82) is 0 Å². The average Bonchev–Trinajstić information content (AvgIpc) is 3.03. The first-order valence-electron chi connectivity index (χ1n) is 6.97. The number of anilines is 2. The molecule has 0 bridgehead atoms. The predicted octanol–water partition coefficient (Wildman–Crippen LogP) is 2.64. The molecule has 0 atom stereocenters. The van der Waals surface area contributed by atoms with Gasteiger partial charge in [0.05, 0.1) is 23.5 Å². The number of hydrogen-bond acceptors (Lipinski definition) is 4. The number of carbonyl (C=O) groups excluding carboxylic acids is 2. The van der Waals surface area contributed by atoms with Crippen molar-refractivity contribution in [3.63, 3.8) is 0 Å². The van der Waals surface area contributed by atoms with Crippen molar-refractivity contribution in [3.8, 4) is 5.75 Å². The molecule has 2 rings (SSSR count). The van der Waals surface area contributed by atoms with Gasteiger partial charge in [0.2, 0.25) is 0 Å². The molecule has 1 aromatic heterocycles. The maximum Gasteiger partial charge on any atom is 0.316 e. The van der Waals surface area contributed by atoms with E-state index in [4.69, 9.17) is 10.5 Å². The molecule has 0 saturated carbocycles. The minimum absolute atomic E-state index is 0.0490. The number of hydrogen-bond donors (Lipinski definition) is 4. The van der Waals surface area contributed by atoms with Gasteiger partial charge >= 0.3 is 6.03 Å². The topological polar surface area (TPSA) is 109 Å². The molecule has 128 valence electrons. The van der Waals surface area contributed by atoms with Crippen LogP contribution in [-0.4, -0.2) is 35.5 Å². The van der Waals surface area contributed by atoms with Crippen molar-refractivity contribution in [2.45, 2.75) is 0 Å². The number of amides is 3. The Morgan fingerprint density at radius 1 is 1.33 bits per heavy atom. The van der Waals surface area contributed by atoms with Gasteiger partial charge in [0, 0.05) is 30.3 Å². The third-order valence-corrected chi connectivity index (χ3v) is 3.53. The van der Waals surface area contributed by atoms with Gasteiger partial charge < -0.3 is 26.1 Å². The first kappa shape index (κ1) is 17.7. The fourth-order valence-electron chi connectivity index (χ4n) is 1.95. The molecule has 0 saturated heterocycles. The van der Waals surface area contributed by atoms with Crippen LogP contribution >= 0.6 is 11.8 Å². The summed E-state index contributed by atoms with van der Waals surface area (Å²) in [6.07, 6.45) is 5.01. The second kappa shape index (κ2) is 8.25. The standard InChI is InChI=1S/C15H17FN4O3S/c1-24-5-4-23-13-11(19-14(21)9-2-3-18-8-9)6-10(16)7-12(13)20-15(17)22/h2-3,6-8,18H,4-5H2,1H3,(H,19,21)(H3,17,20,22). The monoisotopic (exact) mass is 352 g/mol. The number of nitrogens with two attached hydrogens (primary N) is 1. The molecule has 0 aliphatic heterocycles. The Kier molecular flexibility index (Phi) is 6.07. The van der Waals surface area contributed by atoms with Crippen molar-refractivity contribution in [2.24, 2.45) is 5.73 Å². The van der Waals surface area contributed by atoms with Crippen LogP contribution in [0.4, 0.5) is 20.6 Å². The highest BCUT2D eigenvalue weighted by atomic mass is 32.2. The van der Waals surface area contributed by atoms with E-state index < -0.39 is 17.8 Å². The lowest BCUT2D eigenvalue weighted by molar-refractivity contribution is 0.102. The van der Waals surface area contributed by atoms with E-state index >= 15 is 0 Å². The van der Waals surface area contributed by atoms with E-state index in [1.165, 1.54) is 6.20 Å². The number of carbonyl (C=O) groups is 2. The van der Waals surface area contributed by atoms with Gasteiger partial charge in [-0.2, -0.15) is 11.8 Å². The zero-order valence-electron chi connectivity index (χ0n) is 12.9. The van der Waals surface area contributed by atoms with E-state index in [0.717, 1.165) is 12.1 Å². The molecular formula is C15H17FN4O3S. The molecule has 2 aromatic rings. The number of benzene rings is 1. The van der Waals surface area contributed by atoms with Crippen molar-refractivity contribution >= 4 is 35.1 Å². The quantitative estimate of drug-likeness (QED) is 0.574. The fourth-order valence-corrected chi connectivity index (χ4v) is 2.20. The Morgan fingerprint density at radius 3 is 2.62 bits per heavy atom. The summed E-state index contributed by atoms with van der Waals surface area (Å²) in [6, 6.07) is 2.90. The lowest BCUT2D eigenvalue weighted by Crippen LogP contribution is -2.21. The summed E-state index contributed by atoms with van der Waals surface area (Å²) in [6.45, 7) is 0.313. The molecule has 7 nitrogen and oxygen atoms in total. The summed E-state index contributed by atoms with van der Waals surface area (Å²) in [7, 11) is 0. The van der Waals surface area contributed by atoms with Crippen LogP contribution in [0.25, 0.3) is 0 Å². The van der Waals surface area contributed by atoms with Gasteiger partial charge in [-0.3, -0.25) is 4.79 Å². The molecule has 1 aromatic carbocycles. The zero-order valence-corrected chi connectivity index (χ0v) is 13.7. The van der Waals surface area contributed by atoms with Crippen LogP contribution in [0.2, 0.25) is 0 Å². The van der Waals surface area contributed by atoms with Gasteiger partial charge in [-0.25, -0.2) is 9.18 Å². The van der Waals surface area contributed by atoms with E-state index in [1.54, 1.807) is 24.0 Å². The number of aromatic nitrogens is 1. The second-order valence-electron chi connectivity index (χ2n) is 4.71. The van der Waals surface area contributed by atoms with Crippen LogP contribution in [0.1, 0.15) is 10.4 Å². The van der Waals surface area contributed by atoms with Gasteiger partial charge in [-0.05, 0) is 12.3 Å². The maximum absolute atomic E-state index is 13.8. The highest BCUT2D eigenvalue weighted by Gasteiger charge is 2.17. The second-order valence-corrected chi connectivity index (χ2v) is 5.70. The molecule has 9 heteroatoms. The van der Waals surface area contributed by atoms with Gasteiger partial charge in [-0.1, -0.05) is 0 Å². The van der Waals surface area contributed by atoms with Crippen LogP contribution in [-0.2, 0) is 0 Å². The summed E-state index contributed by atoms with van der Waals surface area (Å²) >= 11 is 1.56. The van der Waals surface area contributed by atoms with Crippen molar-refractivity contribution in [3.05, 3.63) is 42.0 Å². The number of aromatic amines is 1. The summed E-state index contributed by atoms with van der Waals surface area (Å²) in [4.78, 5) is 26.1. The molecule has 0 aliphatic carbocycles. The number of rotatable bonds is 7. The van der Waals surface area contributed by atoms with Gasteiger partial charge in [0.15, 0.2) is 5.75 Å². The van der Waals surface area contributed by atoms with E-state index in [0.29, 0.717) is 17.9 Å². The van der Waals surface area contributed by atoms with Gasteiger partial charge in [0.1, 0.15) is 5.82 Å². The zero-order chi connectivity index (χ0) is 17.5. The average molecular weight is 352 g/mol. The Morgan fingerprint density at radius 2 is 2.04 bits per heavy atom. The molecule has 0 fully saturated rings. The van der Waals surface area contributed by atoms with Crippen LogP contribution in [0.3, 0.4) is 0 Å². The van der Waals surface area contributed by atoms with E-state index in [1.807, 2.05) is 6.26 Å².